The van der Waals surface area contributed by atoms with Crippen LogP contribution in [0.3, 0.4) is 0 Å². The molecular formula is C20H27N3O5. The van der Waals surface area contributed by atoms with Gasteiger partial charge in [-0.15, -0.1) is 0 Å². The first-order chi connectivity index (χ1) is 13.7. The fourth-order valence-corrected chi connectivity index (χ4v) is 4.00. The summed E-state index contributed by atoms with van der Waals surface area (Å²) in [4.78, 5) is 31.7. The summed E-state index contributed by atoms with van der Waals surface area (Å²) < 4.78 is 16.3. The Balaban J connectivity index is 1.37. The summed E-state index contributed by atoms with van der Waals surface area (Å²) in [5.74, 6) is 0.595. The lowest BCUT2D eigenvalue weighted by molar-refractivity contribution is -0.141. The van der Waals surface area contributed by atoms with Gasteiger partial charge in [0.05, 0.1) is 6.61 Å². The molecule has 0 N–H and O–H groups in total. The molecule has 2 fully saturated rings. The molecule has 8 nitrogen and oxygen atoms in total. The number of anilines is 1. The summed E-state index contributed by atoms with van der Waals surface area (Å²) in [6.45, 7) is 6.11. The van der Waals surface area contributed by atoms with E-state index in [2.05, 4.69) is 4.90 Å². The molecule has 2 amide bonds. The van der Waals surface area contributed by atoms with Crippen molar-refractivity contribution in [3.63, 3.8) is 0 Å². The standard InChI is InChI=1S/C20H27N3O5/c1-26-11-10-21-6-8-22(9-7-21)19(24)16-4-5-23(20(16)25)15-2-3-17-18(14-15)28-13-12-27-17/h2-3,14,16H,4-13H2,1H3/t16-/m0/s1. The molecule has 3 heterocycles. The summed E-state index contributed by atoms with van der Waals surface area (Å²) in [5, 5.41) is 0. The largest absolute Gasteiger partial charge is 0.486 e. The van der Waals surface area contributed by atoms with Crippen molar-refractivity contribution in [2.75, 3.05) is 71.1 Å². The Kier molecular flexibility index (Phi) is 5.68. The van der Waals surface area contributed by atoms with E-state index in [1.807, 2.05) is 23.1 Å². The van der Waals surface area contributed by atoms with Gasteiger partial charge in [-0.25, -0.2) is 0 Å². The lowest BCUT2D eigenvalue weighted by Crippen LogP contribution is -2.51. The molecule has 3 aliphatic rings. The van der Waals surface area contributed by atoms with Gasteiger partial charge in [0.25, 0.3) is 0 Å². The number of amides is 2. The van der Waals surface area contributed by atoms with Gasteiger partial charge in [0.1, 0.15) is 19.1 Å². The summed E-state index contributed by atoms with van der Waals surface area (Å²) in [6, 6.07) is 5.51. The third-order valence-electron chi connectivity index (χ3n) is 5.64. The van der Waals surface area contributed by atoms with Crippen LogP contribution in [-0.4, -0.2) is 87.8 Å². The van der Waals surface area contributed by atoms with Crippen LogP contribution in [0, 0.1) is 5.92 Å². The average Bonchev–Trinajstić information content (AvgIpc) is 3.13. The lowest BCUT2D eigenvalue weighted by Gasteiger charge is -2.35. The number of rotatable bonds is 5. The highest BCUT2D eigenvalue weighted by Gasteiger charge is 2.40. The highest BCUT2D eigenvalue weighted by atomic mass is 16.6. The molecular weight excluding hydrogens is 362 g/mol. The Morgan fingerprint density at radius 1 is 1.11 bits per heavy atom. The van der Waals surface area contributed by atoms with Gasteiger partial charge in [-0.1, -0.05) is 0 Å². The van der Waals surface area contributed by atoms with Crippen LogP contribution in [0.15, 0.2) is 18.2 Å². The van der Waals surface area contributed by atoms with Gasteiger partial charge in [-0.3, -0.25) is 14.5 Å². The molecule has 1 aromatic carbocycles. The van der Waals surface area contributed by atoms with Crippen molar-refractivity contribution >= 4 is 17.5 Å². The predicted molar refractivity (Wildman–Crippen MR) is 103 cm³/mol. The minimum Gasteiger partial charge on any atom is -0.486 e. The molecule has 4 rings (SSSR count). The van der Waals surface area contributed by atoms with Gasteiger partial charge >= 0.3 is 0 Å². The van der Waals surface area contributed by atoms with E-state index in [1.54, 1.807) is 12.0 Å². The minimum atomic E-state index is -0.585. The van der Waals surface area contributed by atoms with Gasteiger partial charge in [0, 0.05) is 58.1 Å². The number of carbonyl (C=O) groups excluding carboxylic acids is 2. The molecule has 0 spiro atoms. The number of hydrogen-bond acceptors (Lipinski definition) is 6. The number of fused-ring (bicyclic) bond motifs is 1. The molecule has 0 bridgehead atoms. The van der Waals surface area contributed by atoms with Crippen LogP contribution in [0.2, 0.25) is 0 Å². The number of benzene rings is 1. The normalized spacial score (nSPS) is 22.6. The van der Waals surface area contributed by atoms with Gasteiger partial charge in [-0.05, 0) is 18.6 Å². The molecule has 0 aromatic heterocycles. The van der Waals surface area contributed by atoms with E-state index in [9.17, 15) is 9.59 Å². The molecule has 3 aliphatic heterocycles. The fourth-order valence-electron chi connectivity index (χ4n) is 4.00. The van der Waals surface area contributed by atoms with E-state index in [0.717, 1.165) is 25.3 Å². The lowest BCUT2D eigenvalue weighted by atomic mass is 10.1. The zero-order chi connectivity index (χ0) is 19.5. The van der Waals surface area contributed by atoms with E-state index in [0.29, 0.717) is 57.4 Å². The topological polar surface area (TPSA) is 71.6 Å². The second-order valence-electron chi connectivity index (χ2n) is 7.32. The van der Waals surface area contributed by atoms with Crippen molar-refractivity contribution in [2.24, 2.45) is 5.92 Å². The van der Waals surface area contributed by atoms with Gasteiger partial charge in [-0.2, -0.15) is 0 Å². The second kappa shape index (κ2) is 8.36. The highest BCUT2D eigenvalue weighted by Crippen LogP contribution is 2.36. The predicted octanol–water partition coefficient (Wildman–Crippen LogP) is 0.601. The van der Waals surface area contributed by atoms with E-state index < -0.39 is 5.92 Å². The van der Waals surface area contributed by atoms with Crippen molar-refractivity contribution in [1.29, 1.82) is 0 Å². The molecule has 28 heavy (non-hydrogen) atoms. The first-order valence-electron chi connectivity index (χ1n) is 9.88. The zero-order valence-electron chi connectivity index (χ0n) is 16.3. The molecule has 2 saturated heterocycles. The number of nitrogens with zero attached hydrogens (tertiary/aromatic N) is 3. The van der Waals surface area contributed by atoms with Crippen molar-refractivity contribution in [3.8, 4) is 11.5 Å². The van der Waals surface area contributed by atoms with Crippen molar-refractivity contribution in [2.45, 2.75) is 6.42 Å². The first-order valence-corrected chi connectivity index (χ1v) is 9.88. The molecule has 0 saturated carbocycles. The van der Waals surface area contributed by atoms with E-state index in [1.165, 1.54) is 0 Å². The average molecular weight is 389 g/mol. The molecule has 152 valence electrons. The van der Waals surface area contributed by atoms with Gasteiger partial charge < -0.3 is 24.0 Å². The summed E-state index contributed by atoms with van der Waals surface area (Å²) in [7, 11) is 1.69. The molecule has 8 heteroatoms. The molecule has 1 atom stereocenters. The number of methoxy groups -OCH3 is 1. The smallest absolute Gasteiger partial charge is 0.239 e. The molecule has 0 unspecified atom stereocenters. The number of ether oxygens (including phenoxy) is 3. The van der Waals surface area contributed by atoms with Crippen molar-refractivity contribution in [3.05, 3.63) is 18.2 Å². The Morgan fingerprint density at radius 2 is 1.86 bits per heavy atom. The molecule has 0 radical (unpaired) electrons. The number of carbonyl (C=O) groups is 2. The van der Waals surface area contributed by atoms with Crippen LogP contribution in [0.5, 0.6) is 11.5 Å². The molecule has 0 aliphatic carbocycles. The second-order valence-corrected chi connectivity index (χ2v) is 7.32. The maximum absolute atomic E-state index is 12.9. The van der Waals surface area contributed by atoms with Crippen LogP contribution in [0.4, 0.5) is 5.69 Å². The minimum absolute atomic E-state index is 0.0450. The maximum Gasteiger partial charge on any atom is 0.239 e. The monoisotopic (exact) mass is 389 g/mol. The highest BCUT2D eigenvalue weighted by molar-refractivity contribution is 6.09. The van der Waals surface area contributed by atoms with E-state index in [-0.39, 0.29) is 11.8 Å². The Hall–Kier alpha value is -2.32. The Labute approximate surface area is 164 Å². The van der Waals surface area contributed by atoms with Crippen molar-refractivity contribution < 1.29 is 23.8 Å². The first kappa shape index (κ1) is 19.0. The van der Waals surface area contributed by atoms with Crippen molar-refractivity contribution in [1.82, 2.24) is 9.80 Å². The molecule has 1 aromatic rings. The maximum atomic E-state index is 12.9. The third-order valence-corrected chi connectivity index (χ3v) is 5.64. The van der Waals surface area contributed by atoms with E-state index in [4.69, 9.17) is 14.2 Å². The Morgan fingerprint density at radius 3 is 2.61 bits per heavy atom. The number of hydrogen-bond donors (Lipinski definition) is 0. The summed E-state index contributed by atoms with van der Waals surface area (Å²) in [6.07, 6.45) is 0.552. The Bertz CT molecular complexity index is 733. The zero-order valence-corrected chi connectivity index (χ0v) is 16.3. The third kappa shape index (κ3) is 3.79. The SMILES string of the molecule is COCCN1CCN(C(=O)[C@@H]2CCN(c3ccc4c(c3)OCCO4)C2=O)CC1. The van der Waals surface area contributed by atoms with Gasteiger partial charge in [0.15, 0.2) is 11.5 Å². The van der Waals surface area contributed by atoms with Crippen LogP contribution in [-0.2, 0) is 14.3 Å². The summed E-state index contributed by atoms with van der Waals surface area (Å²) >= 11 is 0. The van der Waals surface area contributed by atoms with Crippen LogP contribution >= 0.6 is 0 Å². The van der Waals surface area contributed by atoms with Crippen LogP contribution < -0.4 is 14.4 Å². The van der Waals surface area contributed by atoms with E-state index >= 15 is 0 Å². The van der Waals surface area contributed by atoms with Crippen LogP contribution in [0.1, 0.15) is 6.42 Å². The summed E-state index contributed by atoms with van der Waals surface area (Å²) in [5.41, 5.74) is 0.758. The fraction of sp³-hybridized carbons (Fsp3) is 0.600. The quantitative estimate of drug-likeness (QED) is 0.687. The number of piperazine rings is 1. The van der Waals surface area contributed by atoms with Gasteiger partial charge in [0.2, 0.25) is 11.8 Å². The van der Waals surface area contributed by atoms with Crippen LogP contribution in [0.25, 0.3) is 0 Å².